The van der Waals surface area contributed by atoms with Crippen LogP contribution in [0.5, 0.6) is 0 Å². The van der Waals surface area contributed by atoms with Gasteiger partial charge in [-0.15, -0.1) is 0 Å². The second-order valence-electron chi connectivity index (χ2n) is 4.35. The summed E-state index contributed by atoms with van der Waals surface area (Å²) in [4.78, 5) is 23.0. The second kappa shape index (κ2) is 6.80. The lowest BCUT2D eigenvalue weighted by Crippen LogP contribution is -2.38. The van der Waals surface area contributed by atoms with Crippen molar-refractivity contribution in [3.63, 3.8) is 0 Å². The fourth-order valence-electron chi connectivity index (χ4n) is 1.24. The van der Waals surface area contributed by atoms with E-state index in [1.54, 1.807) is 6.07 Å². The molecular weight excluding hydrogens is 234 g/mol. The number of carbonyl (C=O) groups is 2. The van der Waals surface area contributed by atoms with Crippen molar-refractivity contribution in [2.75, 3.05) is 13.1 Å². The van der Waals surface area contributed by atoms with Gasteiger partial charge in [0.05, 0.1) is 13.1 Å². The van der Waals surface area contributed by atoms with Crippen LogP contribution in [0.15, 0.2) is 16.5 Å². The number of carbonyl (C=O) groups excluding carboxylic acids is 2. The van der Waals surface area contributed by atoms with E-state index in [0.29, 0.717) is 18.2 Å². The molecule has 1 aromatic rings. The molecule has 0 unspecified atom stereocenters. The van der Waals surface area contributed by atoms with E-state index in [2.05, 4.69) is 10.6 Å². The van der Waals surface area contributed by atoms with Crippen molar-refractivity contribution in [1.82, 2.24) is 10.6 Å². The van der Waals surface area contributed by atoms with E-state index in [-0.39, 0.29) is 24.8 Å². The van der Waals surface area contributed by atoms with Crippen molar-refractivity contribution in [3.8, 4) is 0 Å². The summed E-state index contributed by atoms with van der Waals surface area (Å²) in [5.74, 6) is 0.426. The van der Waals surface area contributed by atoms with Gasteiger partial charge in [-0.2, -0.15) is 0 Å². The van der Waals surface area contributed by atoms with Crippen molar-refractivity contribution < 1.29 is 14.0 Å². The third-order valence-electron chi connectivity index (χ3n) is 2.20. The van der Waals surface area contributed by atoms with Gasteiger partial charge in [0.15, 0.2) is 5.76 Å². The Hall–Kier alpha value is -1.82. The predicted octanol–water partition coefficient (Wildman–Crippen LogP) is 0.240. The van der Waals surface area contributed by atoms with Crippen molar-refractivity contribution in [2.45, 2.75) is 20.4 Å². The van der Waals surface area contributed by atoms with Crippen molar-refractivity contribution in [3.05, 3.63) is 23.7 Å². The minimum Gasteiger partial charge on any atom is -0.455 e. The summed E-state index contributed by atoms with van der Waals surface area (Å²) in [5.41, 5.74) is 5.36. The predicted molar refractivity (Wildman–Crippen MR) is 66.8 cm³/mol. The molecule has 6 heteroatoms. The third kappa shape index (κ3) is 4.58. The molecule has 4 N–H and O–H groups in total. The molecule has 0 spiro atoms. The molecule has 2 amide bonds. The summed E-state index contributed by atoms with van der Waals surface area (Å²) in [6.45, 7) is 4.76. The van der Waals surface area contributed by atoms with E-state index in [9.17, 15) is 9.59 Å². The summed E-state index contributed by atoms with van der Waals surface area (Å²) in [6, 6.07) is 3.16. The highest BCUT2D eigenvalue weighted by Gasteiger charge is 2.11. The summed E-state index contributed by atoms with van der Waals surface area (Å²) in [6.07, 6.45) is 0. The molecule has 0 saturated heterocycles. The van der Waals surface area contributed by atoms with Gasteiger partial charge in [-0.25, -0.2) is 0 Å². The molecule has 0 saturated carbocycles. The highest BCUT2D eigenvalue weighted by molar-refractivity contribution is 5.94. The first kappa shape index (κ1) is 14.2. The fourth-order valence-corrected chi connectivity index (χ4v) is 1.24. The molecule has 0 radical (unpaired) electrons. The Morgan fingerprint density at radius 3 is 2.61 bits per heavy atom. The van der Waals surface area contributed by atoms with Crippen LogP contribution in [-0.4, -0.2) is 24.9 Å². The van der Waals surface area contributed by atoms with Gasteiger partial charge in [0.2, 0.25) is 5.91 Å². The first-order chi connectivity index (χ1) is 8.52. The highest BCUT2D eigenvalue weighted by Crippen LogP contribution is 2.06. The Labute approximate surface area is 106 Å². The zero-order chi connectivity index (χ0) is 13.5. The van der Waals surface area contributed by atoms with Crippen LogP contribution in [0.1, 0.15) is 30.2 Å². The summed E-state index contributed by atoms with van der Waals surface area (Å²) < 4.78 is 5.16. The lowest BCUT2D eigenvalue weighted by Gasteiger charge is -2.07. The zero-order valence-electron chi connectivity index (χ0n) is 10.7. The summed E-state index contributed by atoms with van der Waals surface area (Å²) in [5, 5.41) is 5.18. The number of hydrogen-bond donors (Lipinski definition) is 3. The molecule has 18 heavy (non-hydrogen) atoms. The first-order valence-electron chi connectivity index (χ1n) is 5.86. The van der Waals surface area contributed by atoms with Crippen LogP contribution in [-0.2, 0) is 11.3 Å². The molecule has 1 aromatic heterocycles. The third-order valence-corrected chi connectivity index (χ3v) is 2.20. The maximum Gasteiger partial charge on any atom is 0.287 e. The largest absolute Gasteiger partial charge is 0.455 e. The molecule has 0 aliphatic heterocycles. The van der Waals surface area contributed by atoms with E-state index in [4.69, 9.17) is 10.2 Å². The first-order valence-corrected chi connectivity index (χ1v) is 5.86. The monoisotopic (exact) mass is 253 g/mol. The van der Waals surface area contributed by atoms with Crippen LogP contribution < -0.4 is 16.4 Å². The number of hydrogen-bond acceptors (Lipinski definition) is 4. The average molecular weight is 253 g/mol. The molecule has 0 fully saturated rings. The fraction of sp³-hybridized carbons (Fsp3) is 0.500. The van der Waals surface area contributed by atoms with Crippen LogP contribution in [0.25, 0.3) is 0 Å². The molecule has 6 nitrogen and oxygen atoms in total. The quantitative estimate of drug-likeness (QED) is 0.676. The lowest BCUT2D eigenvalue weighted by atomic mass is 10.2. The molecular formula is C12H19N3O3. The van der Waals surface area contributed by atoms with E-state index in [1.165, 1.54) is 6.07 Å². The smallest absolute Gasteiger partial charge is 0.287 e. The van der Waals surface area contributed by atoms with E-state index in [1.807, 2.05) is 13.8 Å². The van der Waals surface area contributed by atoms with Crippen molar-refractivity contribution in [1.29, 1.82) is 0 Å². The minimum absolute atomic E-state index is 0.0653. The van der Waals surface area contributed by atoms with Gasteiger partial charge >= 0.3 is 0 Å². The molecule has 1 rings (SSSR count). The van der Waals surface area contributed by atoms with Crippen LogP contribution in [0, 0.1) is 5.92 Å². The topological polar surface area (TPSA) is 97.4 Å². The Kier molecular flexibility index (Phi) is 5.38. The second-order valence-corrected chi connectivity index (χ2v) is 4.35. The summed E-state index contributed by atoms with van der Waals surface area (Å²) >= 11 is 0. The number of furan rings is 1. The van der Waals surface area contributed by atoms with Crippen molar-refractivity contribution >= 4 is 11.8 Å². The number of rotatable bonds is 6. The number of nitrogens with one attached hydrogen (secondary N) is 2. The summed E-state index contributed by atoms with van der Waals surface area (Å²) in [7, 11) is 0. The Morgan fingerprint density at radius 1 is 1.33 bits per heavy atom. The molecule has 1 heterocycles. The van der Waals surface area contributed by atoms with Crippen molar-refractivity contribution in [2.24, 2.45) is 11.7 Å². The van der Waals surface area contributed by atoms with Crippen LogP contribution >= 0.6 is 0 Å². The average Bonchev–Trinajstić information content (AvgIpc) is 2.82. The Morgan fingerprint density at radius 2 is 2.06 bits per heavy atom. The normalized spacial score (nSPS) is 10.4. The molecule has 100 valence electrons. The van der Waals surface area contributed by atoms with Gasteiger partial charge in [0.1, 0.15) is 5.76 Å². The van der Waals surface area contributed by atoms with Gasteiger partial charge in [-0.05, 0) is 18.1 Å². The standard InChI is InChI=1S/C12H19N3O3/c1-8(2)6-14-11(16)7-15-12(17)10-4-3-9(5-13)18-10/h3-4,8H,5-7,13H2,1-2H3,(H,14,16)(H,15,17). The molecule has 0 aliphatic rings. The number of amides is 2. The molecule has 0 atom stereocenters. The van der Waals surface area contributed by atoms with Gasteiger partial charge in [-0.3, -0.25) is 9.59 Å². The maximum absolute atomic E-state index is 11.6. The number of nitrogens with two attached hydrogens (primary N) is 1. The van der Waals surface area contributed by atoms with Gasteiger partial charge in [0.25, 0.3) is 5.91 Å². The SMILES string of the molecule is CC(C)CNC(=O)CNC(=O)c1ccc(CN)o1. The van der Waals surface area contributed by atoms with E-state index >= 15 is 0 Å². The zero-order valence-corrected chi connectivity index (χ0v) is 10.7. The van der Waals surface area contributed by atoms with E-state index < -0.39 is 5.91 Å². The highest BCUT2D eigenvalue weighted by atomic mass is 16.4. The van der Waals surface area contributed by atoms with Gasteiger partial charge in [0, 0.05) is 6.54 Å². The lowest BCUT2D eigenvalue weighted by molar-refractivity contribution is -0.120. The van der Waals surface area contributed by atoms with Gasteiger partial charge < -0.3 is 20.8 Å². The van der Waals surface area contributed by atoms with E-state index in [0.717, 1.165) is 0 Å². The van der Waals surface area contributed by atoms with Crippen LogP contribution in [0.3, 0.4) is 0 Å². The Balaban J connectivity index is 2.34. The molecule has 0 aliphatic carbocycles. The minimum atomic E-state index is -0.422. The maximum atomic E-state index is 11.6. The molecule has 0 bridgehead atoms. The van der Waals surface area contributed by atoms with Gasteiger partial charge in [-0.1, -0.05) is 13.8 Å². The van der Waals surface area contributed by atoms with Crippen LogP contribution in [0.4, 0.5) is 0 Å². The Bertz CT molecular complexity index is 412. The van der Waals surface area contributed by atoms with Crippen LogP contribution in [0.2, 0.25) is 0 Å². The molecule has 0 aromatic carbocycles.